The third-order valence-corrected chi connectivity index (χ3v) is 7.30. The van der Waals surface area contributed by atoms with Crippen molar-refractivity contribution in [3.63, 3.8) is 0 Å². The summed E-state index contributed by atoms with van der Waals surface area (Å²) in [5.41, 5.74) is 0.808. The summed E-state index contributed by atoms with van der Waals surface area (Å²) in [5.74, 6) is -0.900. The summed E-state index contributed by atoms with van der Waals surface area (Å²) in [6, 6.07) is 10.7. The lowest BCUT2D eigenvalue weighted by Gasteiger charge is -2.33. The zero-order chi connectivity index (χ0) is 24.8. The lowest BCUT2D eigenvalue weighted by molar-refractivity contribution is -0.140. The van der Waals surface area contributed by atoms with Gasteiger partial charge in [-0.3, -0.25) is 13.9 Å². The minimum absolute atomic E-state index is 0.0507. The molecule has 1 unspecified atom stereocenters. The quantitative estimate of drug-likeness (QED) is 0.451. The third kappa shape index (κ3) is 7.34. The van der Waals surface area contributed by atoms with E-state index in [1.165, 1.54) is 4.90 Å². The second-order valence-corrected chi connectivity index (χ2v) is 10.9. The molecule has 180 valence electrons. The van der Waals surface area contributed by atoms with Gasteiger partial charge in [0.2, 0.25) is 21.8 Å². The predicted molar refractivity (Wildman–Crippen MR) is 136 cm³/mol. The van der Waals surface area contributed by atoms with Crippen molar-refractivity contribution in [2.24, 2.45) is 0 Å². The molecule has 0 fully saturated rings. The molecular weight excluding hydrogens is 553 g/mol. The number of hydrogen-bond acceptors (Lipinski definition) is 4. The summed E-state index contributed by atoms with van der Waals surface area (Å²) in [7, 11) is -3.79. The smallest absolute Gasteiger partial charge is 0.244 e. The van der Waals surface area contributed by atoms with Crippen molar-refractivity contribution in [1.29, 1.82) is 0 Å². The van der Waals surface area contributed by atoms with Crippen molar-refractivity contribution in [1.82, 2.24) is 10.2 Å². The molecule has 0 heterocycles. The summed E-state index contributed by atoms with van der Waals surface area (Å²) in [4.78, 5) is 27.6. The fraction of sp³-hybridized carbons (Fsp3) is 0.364. The van der Waals surface area contributed by atoms with Crippen LogP contribution < -0.4 is 9.62 Å². The second-order valence-electron chi connectivity index (χ2n) is 7.29. The zero-order valence-electron chi connectivity index (χ0n) is 18.5. The van der Waals surface area contributed by atoms with Crippen LogP contribution in [0, 0.1) is 0 Å². The van der Waals surface area contributed by atoms with Gasteiger partial charge in [0.25, 0.3) is 0 Å². The Kier molecular flexibility index (Phi) is 10.0. The average Bonchev–Trinajstić information content (AvgIpc) is 2.74. The van der Waals surface area contributed by atoms with Crippen LogP contribution in [0.15, 0.2) is 46.9 Å². The average molecular weight is 579 g/mol. The first-order valence-corrected chi connectivity index (χ1v) is 13.6. The standard InChI is InChI=1S/C22H26BrCl2N3O4S/c1-4-20(22(30)26-5-2)27(13-17-18(24)7-6-8-19(17)25)21(29)14-28(33(3,31)32)16-11-9-15(23)10-12-16/h6-12,20H,4-5,13-14H2,1-3H3,(H,26,30). The number of nitrogens with zero attached hydrogens (tertiary/aromatic N) is 2. The van der Waals surface area contributed by atoms with Gasteiger partial charge in [0.1, 0.15) is 12.6 Å². The summed E-state index contributed by atoms with van der Waals surface area (Å²) in [6.45, 7) is 3.40. The summed E-state index contributed by atoms with van der Waals surface area (Å²) in [5, 5.41) is 3.42. The number of nitrogens with one attached hydrogen (secondary N) is 1. The van der Waals surface area contributed by atoms with Crippen molar-refractivity contribution in [3.8, 4) is 0 Å². The Morgan fingerprint density at radius 3 is 2.12 bits per heavy atom. The van der Waals surface area contributed by atoms with Gasteiger partial charge in [-0.15, -0.1) is 0 Å². The van der Waals surface area contributed by atoms with E-state index in [9.17, 15) is 18.0 Å². The Balaban J connectivity index is 2.48. The van der Waals surface area contributed by atoms with Gasteiger partial charge < -0.3 is 10.2 Å². The molecule has 2 amide bonds. The molecular formula is C22H26BrCl2N3O4S. The Morgan fingerprint density at radius 2 is 1.64 bits per heavy atom. The van der Waals surface area contributed by atoms with Crippen molar-refractivity contribution < 1.29 is 18.0 Å². The molecule has 2 rings (SSSR count). The number of hydrogen-bond donors (Lipinski definition) is 1. The largest absolute Gasteiger partial charge is 0.355 e. The molecule has 0 radical (unpaired) electrons. The highest BCUT2D eigenvalue weighted by Crippen LogP contribution is 2.28. The molecule has 2 aromatic carbocycles. The molecule has 0 saturated carbocycles. The summed E-state index contributed by atoms with van der Waals surface area (Å²) >= 11 is 16.0. The fourth-order valence-electron chi connectivity index (χ4n) is 3.29. The molecule has 0 aliphatic carbocycles. The Morgan fingerprint density at radius 1 is 1.06 bits per heavy atom. The maximum absolute atomic E-state index is 13.5. The van der Waals surface area contributed by atoms with E-state index in [0.717, 1.165) is 15.0 Å². The van der Waals surface area contributed by atoms with Gasteiger partial charge >= 0.3 is 0 Å². The number of carbonyl (C=O) groups excluding carboxylic acids is 2. The lowest BCUT2D eigenvalue weighted by atomic mass is 10.1. The normalized spacial score (nSPS) is 12.2. The molecule has 0 spiro atoms. The molecule has 0 aliphatic rings. The van der Waals surface area contributed by atoms with E-state index >= 15 is 0 Å². The van der Waals surface area contributed by atoms with Crippen LogP contribution in [0.25, 0.3) is 0 Å². The Hall–Kier alpha value is -1.81. The van der Waals surface area contributed by atoms with Crippen LogP contribution in [0.1, 0.15) is 25.8 Å². The van der Waals surface area contributed by atoms with Crippen LogP contribution in [0.3, 0.4) is 0 Å². The van der Waals surface area contributed by atoms with Crippen LogP contribution in [-0.2, 0) is 26.2 Å². The predicted octanol–water partition coefficient (Wildman–Crippen LogP) is 4.47. The van der Waals surface area contributed by atoms with Crippen LogP contribution in [0.2, 0.25) is 10.0 Å². The van der Waals surface area contributed by atoms with Crippen LogP contribution in [0.5, 0.6) is 0 Å². The minimum Gasteiger partial charge on any atom is -0.355 e. The number of likely N-dealkylation sites (N-methyl/N-ethyl adjacent to an activating group) is 1. The highest BCUT2D eigenvalue weighted by atomic mass is 79.9. The van der Waals surface area contributed by atoms with Crippen molar-refractivity contribution >= 4 is 66.7 Å². The number of sulfonamides is 1. The van der Waals surface area contributed by atoms with Gasteiger partial charge in [0, 0.05) is 33.2 Å². The molecule has 0 bridgehead atoms. The van der Waals surface area contributed by atoms with Gasteiger partial charge in [-0.1, -0.05) is 52.1 Å². The topological polar surface area (TPSA) is 86.8 Å². The highest BCUT2D eigenvalue weighted by molar-refractivity contribution is 9.10. The van der Waals surface area contributed by atoms with E-state index in [1.807, 2.05) is 0 Å². The number of anilines is 1. The molecule has 1 atom stereocenters. The van der Waals surface area contributed by atoms with Crippen molar-refractivity contribution in [2.75, 3.05) is 23.7 Å². The minimum atomic E-state index is -3.79. The Bertz CT molecular complexity index is 1080. The van der Waals surface area contributed by atoms with Crippen molar-refractivity contribution in [2.45, 2.75) is 32.9 Å². The van der Waals surface area contributed by atoms with Gasteiger partial charge in [-0.2, -0.15) is 0 Å². The van der Waals surface area contributed by atoms with Gasteiger partial charge in [0.05, 0.1) is 11.9 Å². The fourth-order valence-corrected chi connectivity index (χ4v) is 4.92. The van der Waals surface area contributed by atoms with Gasteiger partial charge in [-0.25, -0.2) is 8.42 Å². The van der Waals surface area contributed by atoms with E-state index in [0.29, 0.717) is 34.3 Å². The number of carbonyl (C=O) groups is 2. The molecule has 2 aromatic rings. The number of benzene rings is 2. The van der Waals surface area contributed by atoms with Crippen LogP contribution in [0.4, 0.5) is 5.69 Å². The molecule has 11 heteroatoms. The summed E-state index contributed by atoms with van der Waals surface area (Å²) in [6.07, 6.45) is 1.34. The van der Waals surface area contributed by atoms with Crippen LogP contribution >= 0.6 is 39.1 Å². The molecule has 0 aliphatic heterocycles. The third-order valence-electron chi connectivity index (χ3n) is 4.92. The van der Waals surface area contributed by atoms with E-state index in [2.05, 4.69) is 21.2 Å². The first-order chi connectivity index (χ1) is 15.5. The molecule has 7 nitrogen and oxygen atoms in total. The molecule has 0 saturated heterocycles. The van der Waals surface area contributed by atoms with E-state index in [-0.39, 0.29) is 12.5 Å². The highest BCUT2D eigenvalue weighted by Gasteiger charge is 2.32. The number of rotatable bonds is 10. The Labute approximate surface area is 213 Å². The maximum Gasteiger partial charge on any atom is 0.244 e. The van der Waals surface area contributed by atoms with Gasteiger partial charge in [0.15, 0.2) is 0 Å². The second kappa shape index (κ2) is 12.1. The maximum atomic E-state index is 13.5. The van der Waals surface area contributed by atoms with Gasteiger partial charge in [-0.05, 0) is 49.7 Å². The van der Waals surface area contributed by atoms with Crippen LogP contribution in [-0.4, -0.2) is 50.5 Å². The first kappa shape index (κ1) is 27.4. The SMILES string of the molecule is CCNC(=O)C(CC)N(Cc1c(Cl)cccc1Cl)C(=O)CN(c1ccc(Br)cc1)S(C)(=O)=O. The van der Waals surface area contributed by atoms with E-state index in [1.54, 1.807) is 56.3 Å². The number of amides is 2. The lowest BCUT2D eigenvalue weighted by Crippen LogP contribution is -2.52. The van der Waals surface area contributed by atoms with E-state index < -0.39 is 28.5 Å². The number of halogens is 3. The monoisotopic (exact) mass is 577 g/mol. The molecule has 33 heavy (non-hydrogen) atoms. The zero-order valence-corrected chi connectivity index (χ0v) is 22.4. The van der Waals surface area contributed by atoms with Crippen molar-refractivity contribution in [3.05, 3.63) is 62.5 Å². The molecule has 0 aromatic heterocycles. The molecule has 1 N–H and O–H groups in total. The van der Waals surface area contributed by atoms with E-state index in [4.69, 9.17) is 23.2 Å². The summed E-state index contributed by atoms with van der Waals surface area (Å²) < 4.78 is 26.9. The first-order valence-electron chi connectivity index (χ1n) is 10.2.